The van der Waals surface area contributed by atoms with Gasteiger partial charge in [0.05, 0.1) is 12.9 Å². The Morgan fingerprint density at radius 3 is 2.32 bits per heavy atom. The first-order valence-corrected chi connectivity index (χ1v) is 14.0. The first-order chi connectivity index (χ1) is 17.9. The maximum absolute atomic E-state index is 13.7. The lowest BCUT2D eigenvalue weighted by Gasteiger charge is -2.32. The van der Waals surface area contributed by atoms with E-state index in [0.29, 0.717) is 23.7 Å². The van der Waals surface area contributed by atoms with Crippen LogP contribution in [-0.4, -0.2) is 41.7 Å². The van der Waals surface area contributed by atoms with Gasteiger partial charge in [-0.15, -0.1) is 11.8 Å². The number of hydrogen-bond donors (Lipinski definition) is 1. The molecule has 0 saturated carbocycles. The third kappa shape index (κ3) is 9.13. The topological polar surface area (TPSA) is 58.6 Å². The van der Waals surface area contributed by atoms with E-state index in [-0.39, 0.29) is 23.6 Å². The summed E-state index contributed by atoms with van der Waals surface area (Å²) in [6.07, 6.45) is 1.24. The zero-order chi connectivity index (χ0) is 26.6. The molecule has 7 heteroatoms. The number of halogens is 1. The first kappa shape index (κ1) is 28.6. The van der Waals surface area contributed by atoms with Crippen molar-refractivity contribution in [1.82, 2.24) is 10.2 Å². The van der Waals surface area contributed by atoms with E-state index in [1.54, 1.807) is 18.1 Å². The number of methoxy groups -OCH3 is 1. The number of carbonyl (C=O) groups excluding carboxylic acids is 2. The number of ether oxygens (including phenoxy) is 1. The monoisotopic (exact) mass is 538 g/mol. The van der Waals surface area contributed by atoms with E-state index in [9.17, 15) is 9.59 Å². The molecule has 0 aromatic heterocycles. The van der Waals surface area contributed by atoms with Gasteiger partial charge in [-0.3, -0.25) is 9.59 Å². The van der Waals surface area contributed by atoms with Gasteiger partial charge in [-0.2, -0.15) is 0 Å². The molecule has 0 radical (unpaired) electrons. The van der Waals surface area contributed by atoms with Gasteiger partial charge in [-0.1, -0.05) is 73.1 Å². The van der Waals surface area contributed by atoms with Crippen LogP contribution in [0.25, 0.3) is 0 Å². The second-order valence-corrected chi connectivity index (χ2v) is 10.4. The predicted octanol–water partition coefficient (Wildman–Crippen LogP) is 6.14. The number of nitrogens with zero attached hydrogens (tertiary/aromatic N) is 1. The maximum atomic E-state index is 13.7. The third-order valence-corrected chi connectivity index (χ3v) is 7.39. The number of nitrogens with one attached hydrogen (secondary N) is 1. The van der Waals surface area contributed by atoms with Gasteiger partial charge in [0.25, 0.3) is 0 Å². The second kappa shape index (κ2) is 14.7. The van der Waals surface area contributed by atoms with Crippen LogP contribution in [0, 0.1) is 0 Å². The van der Waals surface area contributed by atoms with E-state index in [1.165, 1.54) is 11.8 Å². The van der Waals surface area contributed by atoms with E-state index in [0.717, 1.165) is 28.9 Å². The molecule has 1 N–H and O–H groups in total. The molecule has 0 bridgehead atoms. The molecular formula is C30H35ClN2O3S. The second-order valence-electron chi connectivity index (χ2n) is 9.02. The lowest BCUT2D eigenvalue weighted by Crippen LogP contribution is -2.52. The molecule has 2 amide bonds. The molecule has 2 atom stereocenters. The molecule has 0 saturated heterocycles. The summed E-state index contributed by atoms with van der Waals surface area (Å²) < 4.78 is 5.23. The fourth-order valence-corrected chi connectivity index (χ4v) is 4.97. The van der Waals surface area contributed by atoms with Crippen molar-refractivity contribution in [2.75, 3.05) is 12.9 Å². The average Bonchev–Trinajstić information content (AvgIpc) is 2.91. The number of benzene rings is 3. The number of carbonyl (C=O) groups is 2. The Morgan fingerprint density at radius 1 is 0.973 bits per heavy atom. The van der Waals surface area contributed by atoms with E-state index < -0.39 is 6.04 Å². The molecule has 3 rings (SSSR count). The molecule has 196 valence electrons. The summed E-state index contributed by atoms with van der Waals surface area (Å²) in [6, 6.07) is 24.5. The zero-order valence-electron chi connectivity index (χ0n) is 21.7. The molecule has 2 unspecified atom stereocenters. The Bertz CT molecular complexity index is 1140. The van der Waals surface area contributed by atoms with Gasteiger partial charge < -0.3 is 15.0 Å². The quantitative estimate of drug-likeness (QED) is 0.284. The molecule has 3 aromatic carbocycles. The molecule has 5 nitrogen and oxygen atoms in total. The summed E-state index contributed by atoms with van der Waals surface area (Å²) >= 11 is 7.78. The van der Waals surface area contributed by atoms with Crippen LogP contribution in [0.5, 0.6) is 5.75 Å². The van der Waals surface area contributed by atoms with E-state index in [1.807, 2.05) is 86.6 Å². The van der Waals surface area contributed by atoms with Crippen molar-refractivity contribution in [3.05, 3.63) is 101 Å². The Balaban J connectivity index is 1.83. The van der Waals surface area contributed by atoms with E-state index in [4.69, 9.17) is 16.3 Å². The molecule has 0 heterocycles. The van der Waals surface area contributed by atoms with Crippen molar-refractivity contribution >= 4 is 35.2 Å². The third-order valence-electron chi connectivity index (χ3n) is 6.17. The maximum Gasteiger partial charge on any atom is 0.243 e. The van der Waals surface area contributed by atoms with Crippen LogP contribution < -0.4 is 10.1 Å². The van der Waals surface area contributed by atoms with Crippen molar-refractivity contribution < 1.29 is 14.3 Å². The van der Waals surface area contributed by atoms with Crippen LogP contribution in [-0.2, 0) is 28.3 Å². The van der Waals surface area contributed by atoms with Crippen molar-refractivity contribution in [1.29, 1.82) is 0 Å². The standard InChI is InChI=1S/C30H35ClN2O3S/c1-4-22(2)32-30(35)28(18-23-9-6-5-7-10-23)33(19-25-11-8-12-26(31)17-25)29(34)21-37-20-24-13-15-27(36-3)16-14-24/h5-17,22,28H,4,18-21H2,1-3H3,(H,32,35). The van der Waals surface area contributed by atoms with Crippen LogP contribution in [0.15, 0.2) is 78.9 Å². The van der Waals surface area contributed by atoms with Crippen LogP contribution in [0.4, 0.5) is 0 Å². The summed E-state index contributed by atoms with van der Waals surface area (Å²) in [4.78, 5) is 28.9. The SMILES string of the molecule is CCC(C)NC(=O)C(Cc1ccccc1)N(Cc1cccc(Cl)c1)C(=O)CSCc1ccc(OC)cc1. The van der Waals surface area contributed by atoms with Gasteiger partial charge in [0.1, 0.15) is 11.8 Å². The lowest BCUT2D eigenvalue weighted by atomic mass is 10.0. The highest BCUT2D eigenvalue weighted by molar-refractivity contribution is 7.99. The Kier molecular flexibility index (Phi) is 11.4. The summed E-state index contributed by atoms with van der Waals surface area (Å²) in [5, 5.41) is 3.70. The predicted molar refractivity (Wildman–Crippen MR) is 153 cm³/mol. The van der Waals surface area contributed by atoms with Crippen LogP contribution in [0.3, 0.4) is 0 Å². The first-order valence-electron chi connectivity index (χ1n) is 12.5. The Hall–Kier alpha value is -2.96. The molecule has 0 spiro atoms. The summed E-state index contributed by atoms with van der Waals surface area (Å²) in [7, 11) is 1.64. The number of rotatable bonds is 13. The minimum atomic E-state index is -0.649. The minimum Gasteiger partial charge on any atom is -0.497 e. The number of thioether (sulfide) groups is 1. The molecule has 37 heavy (non-hydrogen) atoms. The lowest BCUT2D eigenvalue weighted by molar-refractivity contribution is -0.139. The number of amides is 2. The highest BCUT2D eigenvalue weighted by Crippen LogP contribution is 2.21. The molecule has 0 aliphatic carbocycles. The summed E-state index contributed by atoms with van der Waals surface area (Å²) in [5.74, 6) is 1.51. The summed E-state index contributed by atoms with van der Waals surface area (Å²) in [6.45, 7) is 4.31. The van der Waals surface area contributed by atoms with Crippen LogP contribution >= 0.6 is 23.4 Å². The summed E-state index contributed by atoms with van der Waals surface area (Å²) in [5.41, 5.74) is 2.99. The fraction of sp³-hybridized carbons (Fsp3) is 0.333. The largest absolute Gasteiger partial charge is 0.497 e. The van der Waals surface area contributed by atoms with Crippen molar-refractivity contribution in [2.24, 2.45) is 0 Å². The van der Waals surface area contributed by atoms with Crippen LogP contribution in [0.1, 0.15) is 37.0 Å². The van der Waals surface area contributed by atoms with Gasteiger partial charge in [0.15, 0.2) is 0 Å². The van der Waals surface area contributed by atoms with Crippen molar-refractivity contribution in [2.45, 2.75) is 51.1 Å². The molecular weight excluding hydrogens is 504 g/mol. The number of hydrogen-bond acceptors (Lipinski definition) is 4. The van der Waals surface area contributed by atoms with Crippen molar-refractivity contribution in [3.63, 3.8) is 0 Å². The highest BCUT2D eigenvalue weighted by atomic mass is 35.5. The Morgan fingerprint density at radius 2 is 1.68 bits per heavy atom. The highest BCUT2D eigenvalue weighted by Gasteiger charge is 2.30. The van der Waals surface area contributed by atoms with Crippen LogP contribution in [0.2, 0.25) is 5.02 Å². The van der Waals surface area contributed by atoms with Gasteiger partial charge in [0.2, 0.25) is 11.8 Å². The normalized spacial score (nSPS) is 12.4. The Labute approximate surface area is 229 Å². The van der Waals surface area contributed by atoms with Gasteiger partial charge >= 0.3 is 0 Å². The van der Waals surface area contributed by atoms with Gasteiger partial charge in [-0.25, -0.2) is 0 Å². The van der Waals surface area contributed by atoms with Crippen molar-refractivity contribution in [3.8, 4) is 5.75 Å². The molecule has 3 aromatic rings. The van der Waals surface area contributed by atoms with E-state index in [2.05, 4.69) is 5.32 Å². The zero-order valence-corrected chi connectivity index (χ0v) is 23.2. The minimum absolute atomic E-state index is 0.0124. The van der Waals surface area contributed by atoms with E-state index >= 15 is 0 Å². The molecule has 0 aliphatic heterocycles. The van der Waals surface area contributed by atoms with Gasteiger partial charge in [0, 0.05) is 29.8 Å². The van der Waals surface area contributed by atoms with Gasteiger partial charge in [-0.05, 0) is 54.3 Å². The smallest absolute Gasteiger partial charge is 0.243 e. The average molecular weight is 539 g/mol. The fourth-order valence-electron chi connectivity index (χ4n) is 3.89. The molecule has 0 fully saturated rings. The molecule has 0 aliphatic rings.